The third-order valence-electron chi connectivity index (χ3n) is 4.01. The van der Waals surface area contributed by atoms with Crippen molar-refractivity contribution in [1.82, 2.24) is 4.90 Å². The van der Waals surface area contributed by atoms with Crippen LogP contribution in [-0.2, 0) is 16.2 Å². The molecule has 0 aromatic heterocycles. The van der Waals surface area contributed by atoms with Crippen LogP contribution in [0.1, 0.15) is 11.1 Å². The van der Waals surface area contributed by atoms with E-state index < -0.39 is 23.6 Å². The number of hydrogen-bond acceptors (Lipinski definition) is 6. The Morgan fingerprint density at radius 2 is 1.97 bits per heavy atom. The van der Waals surface area contributed by atoms with Crippen LogP contribution in [0.2, 0.25) is 5.02 Å². The second-order valence-electron chi connectivity index (χ2n) is 6.02. The number of carbonyl (C=O) groups is 3. The van der Waals surface area contributed by atoms with Gasteiger partial charge in [0, 0.05) is 10.6 Å². The molecular weight excluding hydrogens is 416 g/mol. The fourth-order valence-electron chi connectivity index (χ4n) is 2.61. The van der Waals surface area contributed by atoms with Gasteiger partial charge in [0.1, 0.15) is 13.2 Å². The fourth-order valence-corrected chi connectivity index (χ4v) is 3.64. The second-order valence-corrected chi connectivity index (χ2v) is 7.42. The van der Waals surface area contributed by atoms with Crippen molar-refractivity contribution in [2.24, 2.45) is 5.73 Å². The molecule has 0 atom stereocenters. The Kier molecular flexibility index (Phi) is 6.46. The lowest BCUT2D eigenvalue weighted by atomic mass is 10.1. The third-order valence-corrected chi connectivity index (χ3v) is 5.29. The van der Waals surface area contributed by atoms with Gasteiger partial charge in [-0.15, -0.1) is 0 Å². The summed E-state index contributed by atoms with van der Waals surface area (Å²) in [4.78, 5) is 36.3. The van der Waals surface area contributed by atoms with Crippen molar-refractivity contribution < 1.29 is 23.9 Å². The molecule has 0 aliphatic carbocycles. The number of carbonyl (C=O) groups excluding carboxylic acids is 3. The van der Waals surface area contributed by atoms with E-state index in [0.29, 0.717) is 22.1 Å². The summed E-state index contributed by atoms with van der Waals surface area (Å²) in [6, 6.07) is 12.5. The number of primary amides is 1. The highest BCUT2D eigenvalue weighted by Gasteiger charge is 2.35. The number of rotatable bonds is 7. The first-order valence-electron chi connectivity index (χ1n) is 8.47. The summed E-state index contributed by atoms with van der Waals surface area (Å²) in [5.41, 5.74) is 6.55. The molecule has 1 fully saturated rings. The predicted molar refractivity (Wildman–Crippen MR) is 111 cm³/mol. The molecule has 0 radical (unpaired) electrons. The molecular formula is C20H17ClN2O5S. The van der Waals surface area contributed by atoms with Gasteiger partial charge in [-0.3, -0.25) is 19.3 Å². The van der Waals surface area contributed by atoms with Crippen molar-refractivity contribution in [2.75, 3.05) is 13.7 Å². The highest BCUT2D eigenvalue weighted by Crippen LogP contribution is 2.34. The summed E-state index contributed by atoms with van der Waals surface area (Å²) in [6.45, 7) is -0.179. The van der Waals surface area contributed by atoms with Gasteiger partial charge in [-0.2, -0.15) is 0 Å². The standard InChI is InChI=1S/C20H17ClN2O5S/c1-27-16-8-12(9-17-19(25)23(10-18(22)24)20(26)29-17)6-7-15(16)28-11-13-4-2-3-5-14(13)21/h2-9H,10-11H2,1H3,(H2,22,24)/b17-9-. The summed E-state index contributed by atoms with van der Waals surface area (Å²) >= 11 is 6.89. The summed E-state index contributed by atoms with van der Waals surface area (Å²) in [5.74, 6) is -0.347. The number of nitrogens with two attached hydrogens (primary N) is 1. The minimum Gasteiger partial charge on any atom is -0.493 e. The Bertz CT molecular complexity index is 1010. The van der Waals surface area contributed by atoms with Crippen LogP contribution in [0.15, 0.2) is 47.4 Å². The first-order valence-corrected chi connectivity index (χ1v) is 9.66. The van der Waals surface area contributed by atoms with E-state index >= 15 is 0 Å². The van der Waals surface area contributed by atoms with E-state index in [0.717, 1.165) is 22.2 Å². The van der Waals surface area contributed by atoms with Crippen molar-refractivity contribution in [2.45, 2.75) is 6.61 Å². The molecule has 0 saturated carbocycles. The van der Waals surface area contributed by atoms with E-state index in [9.17, 15) is 14.4 Å². The molecule has 1 heterocycles. The summed E-state index contributed by atoms with van der Waals surface area (Å²) in [6.07, 6.45) is 1.55. The van der Waals surface area contributed by atoms with Gasteiger partial charge >= 0.3 is 0 Å². The zero-order chi connectivity index (χ0) is 21.0. The molecule has 2 N–H and O–H groups in total. The number of halogens is 1. The van der Waals surface area contributed by atoms with Crippen LogP contribution in [0.3, 0.4) is 0 Å². The number of amides is 3. The van der Waals surface area contributed by atoms with Crippen LogP contribution in [0.25, 0.3) is 6.08 Å². The lowest BCUT2D eigenvalue weighted by Crippen LogP contribution is -2.36. The van der Waals surface area contributed by atoms with Gasteiger partial charge in [0.15, 0.2) is 11.5 Å². The Morgan fingerprint density at radius 1 is 1.21 bits per heavy atom. The van der Waals surface area contributed by atoms with Gasteiger partial charge in [-0.05, 0) is 41.6 Å². The van der Waals surface area contributed by atoms with Crippen molar-refractivity contribution >= 4 is 46.5 Å². The topological polar surface area (TPSA) is 98.9 Å². The lowest BCUT2D eigenvalue weighted by Gasteiger charge is -2.12. The minimum absolute atomic E-state index is 0.197. The van der Waals surface area contributed by atoms with Crippen molar-refractivity contribution in [3.8, 4) is 11.5 Å². The summed E-state index contributed by atoms with van der Waals surface area (Å²) in [5, 5.41) is 0.0708. The van der Waals surface area contributed by atoms with Crippen molar-refractivity contribution in [1.29, 1.82) is 0 Å². The molecule has 9 heteroatoms. The number of methoxy groups -OCH3 is 1. The normalized spacial score (nSPS) is 15.1. The van der Waals surface area contributed by atoms with Crippen LogP contribution in [-0.4, -0.2) is 35.6 Å². The number of benzene rings is 2. The lowest BCUT2D eigenvalue weighted by molar-refractivity contribution is -0.127. The largest absolute Gasteiger partial charge is 0.493 e. The van der Waals surface area contributed by atoms with Gasteiger partial charge in [-0.25, -0.2) is 0 Å². The van der Waals surface area contributed by atoms with Crippen LogP contribution >= 0.6 is 23.4 Å². The van der Waals surface area contributed by atoms with Crippen LogP contribution in [0.5, 0.6) is 11.5 Å². The van der Waals surface area contributed by atoms with Gasteiger partial charge in [0.05, 0.1) is 12.0 Å². The molecule has 1 aliphatic heterocycles. The van der Waals surface area contributed by atoms with Gasteiger partial charge in [-0.1, -0.05) is 35.9 Å². The molecule has 2 aromatic carbocycles. The van der Waals surface area contributed by atoms with E-state index in [1.165, 1.54) is 7.11 Å². The molecule has 3 rings (SSSR count). The SMILES string of the molecule is COc1cc(/C=C2\SC(=O)N(CC(N)=O)C2=O)ccc1OCc1ccccc1Cl. The van der Waals surface area contributed by atoms with Crippen LogP contribution < -0.4 is 15.2 Å². The molecule has 0 spiro atoms. The van der Waals surface area contributed by atoms with Crippen molar-refractivity contribution in [3.63, 3.8) is 0 Å². The Labute approximate surface area is 176 Å². The maximum Gasteiger partial charge on any atom is 0.294 e. The van der Waals surface area contributed by atoms with Crippen molar-refractivity contribution in [3.05, 3.63) is 63.5 Å². The first kappa shape index (κ1) is 20.8. The second kappa shape index (κ2) is 9.02. The van der Waals surface area contributed by atoms with Crippen LogP contribution in [0, 0.1) is 0 Å². The highest BCUT2D eigenvalue weighted by molar-refractivity contribution is 8.18. The quantitative estimate of drug-likeness (QED) is 0.673. The van der Waals surface area contributed by atoms with Crippen LogP contribution in [0.4, 0.5) is 4.79 Å². The van der Waals surface area contributed by atoms with E-state index in [2.05, 4.69) is 0 Å². The molecule has 29 heavy (non-hydrogen) atoms. The number of nitrogens with zero attached hydrogens (tertiary/aromatic N) is 1. The monoisotopic (exact) mass is 432 g/mol. The van der Waals surface area contributed by atoms with Gasteiger partial charge < -0.3 is 15.2 Å². The van der Waals surface area contributed by atoms with E-state index in [1.807, 2.05) is 18.2 Å². The van der Waals surface area contributed by atoms with Gasteiger partial charge in [0.25, 0.3) is 11.1 Å². The summed E-state index contributed by atoms with van der Waals surface area (Å²) < 4.78 is 11.2. The predicted octanol–water partition coefficient (Wildman–Crippen LogP) is 3.45. The highest BCUT2D eigenvalue weighted by atomic mass is 35.5. The molecule has 2 aromatic rings. The van der Waals surface area contributed by atoms with Gasteiger partial charge in [0.2, 0.25) is 5.91 Å². The number of thioether (sulfide) groups is 1. The third kappa shape index (κ3) is 4.90. The molecule has 3 amide bonds. The number of imide groups is 1. The molecule has 1 aliphatic rings. The number of ether oxygens (including phenoxy) is 2. The van der Waals surface area contributed by atoms with E-state index in [4.69, 9.17) is 26.8 Å². The Morgan fingerprint density at radius 3 is 2.66 bits per heavy atom. The van der Waals surface area contributed by atoms with E-state index in [1.54, 1.807) is 30.3 Å². The molecule has 0 bridgehead atoms. The number of hydrogen-bond donors (Lipinski definition) is 1. The van der Waals surface area contributed by atoms with E-state index in [-0.39, 0.29) is 11.5 Å². The Balaban J connectivity index is 1.77. The minimum atomic E-state index is -0.754. The zero-order valence-electron chi connectivity index (χ0n) is 15.4. The Hall–Kier alpha value is -2.97. The molecule has 1 saturated heterocycles. The maximum absolute atomic E-state index is 12.3. The maximum atomic E-state index is 12.3. The average molecular weight is 433 g/mol. The zero-order valence-corrected chi connectivity index (χ0v) is 17.0. The molecule has 150 valence electrons. The summed E-state index contributed by atoms with van der Waals surface area (Å²) in [7, 11) is 1.50. The molecule has 0 unspecified atom stereocenters. The average Bonchev–Trinajstić information content (AvgIpc) is 2.95. The molecule has 7 nitrogen and oxygen atoms in total. The first-order chi connectivity index (χ1) is 13.9. The smallest absolute Gasteiger partial charge is 0.294 e. The fraction of sp³-hybridized carbons (Fsp3) is 0.150.